The summed E-state index contributed by atoms with van der Waals surface area (Å²) in [7, 11) is 0. The van der Waals surface area contributed by atoms with Gasteiger partial charge in [-0.3, -0.25) is 9.59 Å². The topological polar surface area (TPSA) is 55.4 Å². The average Bonchev–Trinajstić information content (AvgIpc) is 3.09. The summed E-state index contributed by atoms with van der Waals surface area (Å²) in [6.45, 7) is 5.72. The first-order valence-corrected chi connectivity index (χ1v) is 6.51. The molecule has 102 valence electrons. The number of carbonyl (C=O) groups excluding carboxylic acids is 2. The number of hydrogen-bond acceptors (Lipinski definition) is 3. The molecule has 1 fully saturated rings. The fourth-order valence-corrected chi connectivity index (χ4v) is 1.97. The Morgan fingerprint density at radius 2 is 2.05 bits per heavy atom. The summed E-state index contributed by atoms with van der Waals surface area (Å²) in [5.41, 5.74) is 2.90. The maximum atomic E-state index is 11.7. The van der Waals surface area contributed by atoms with E-state index in [-0.39, 0.29) is 24.4 Å². The summed E-state index contributed by atoms with van der Waals surface area (Å²) >= 11 is 0. The van der Waals surface area contributed by atoms with Gasteiger partial charge in [0, 0.05) is 5.69 Å². The van der Waals surface area contributed by atoms with Gasteiger partial charge >= 0.3 is 5.97 Å². The van der Waals surface area contributed by atoms with E-state index < -0.39 is 0 Å². The largest absolute Gasteiger partial charge is 0.455 e. The molecule has 0 spiro atoms. The minimum atomic E-state index is -0.296. The summed E-state index contributed by atoms with van der Waals surface area (Å²) in [5.74, 6) is -0.165. The lowest BCUT2D eigenvalue weighted by Crippen LogP contribution is -2.22. The van der Waals surface area contributed by atoms with E-state index in [1.165, 1.54) is 0 Å². The van der Waals surface area contributed by atoms with Crippen LogP contribution in [0.25, 0.3) is 0 Å². The van der Waals surface area contributed by atoms with E-state index in [4.69, 9.17) is 4.74 Å². The van der Waals surface area contributed by atoms with Crippen molar-refractivity contribution in [1.29, 1.82) is 0 Å². The first-order chi connectivity index (χ1) is 8.99. The Labute approximate surface area is 113 Å². The van der Waals surface area contributed by atoms with Crippen molar-refractivity contribution >= 4 is 17.6 Å². The molecule has 4 nitrogen and oxygen atoms in total. The first-order valence-electron chi connectivity index (χ1n) is 6.51. The minimum absolute atomic E-state index is 0.00601. The molecule has 1 aliphatic rings. The SMILES string of the molecule is Cc1cccc(NC(=O)COC(=O)[C@@H]2C[C@@H]2C)c1C. The molecule has 2 atom stereocenters. The third kappa shape index (κ3) is 3.34. The number of hydrogen-bond donors (Lipinski definition) is 1. The van der Waals surface area contributed by atoms with Gasteiger partial charge in [0.25, 0.3) is 5.91 Å². The van der Waals surface area contributed by atoms with E-state index in [0.717, 1.165) is 23.2 Å². The summed E-state index contributed by atoms with van der Waals surface area (Å²) in [4.78, 5) is 23.2. The highest BCUT2D eigenvalue weighted by Crippen LogP contribution is 2.38. The Morgan fingerprint density at radius 1 is 1.37 bits per heavy atom. The van der Waals surface area contributed by atoms with Crippen LogP contribution in [-0.2, 0) is 14.3 Å². The molecule has 0 saturated heterocycles. The standard InChI is InChI=1S/C15H19NO3/c1-9-5-4-6-13(11(9)3)16-14(17)8-19-15(18)12-7-10(12)2/h4-6,10,12H,7-8H2,1-3H3,(H,16,17)/t10-,12+/m0/s1. The summed E-state index contributed by atoms with van der Waals surface area (Å²) in [6, 6.07) is 5.71. The molecule has 0 aromatic heterocycles. The van der Waals surface area contributed by atoms with Crippen molar-refractivity contribution in [3.8, 4) is 0 Å². The predicted octanol–water partition coefficient (Wildman–Crippen LogP) is 2.44. The molecule has 0 bridgehead atoms. The zero-order chi connectivity index (χ0) is 14.0. The molecule has 4 heteroatoms. The second kappa shape index (κ2) is 5.43. The third-order valence-corrected chi connectivity index (χ3v) is 3.64. The molecule has 1 aliphatic carbocycles. The number of ether oxygens (including phenoxy) is 1. The van der Waals surface area contributed by atoms with Crippen molar-refractivity contribution < 1.29 is 14.3 Å². The predicted molar refractivity (Wildman–Crippen MR) is 72.8 cm³/mol. The Morgan fingerprint density at radius 3 is 2.68 bits per heavy atom. The maximum absolute atomic E-state index is 11.7. The van der Waals surface area contributed by atoms with Crippen molar-refractivity contribution in [3.63, 3.8) is 0 Å². The van der Waals surface area contributed by atoms with Crippen molar-refractivity contribution in [3.05, 3.63) is 29.3 Å². The van der Waals surface area contributed by atoms with Gasteiger partial charge in [-0.15, -0.1) is 0 Å². The van der Waals surface area contributed by atoms with Crippen LogP contribution in [0.5, 0.6) is 0 Å². The number of amides is 1. The van der Waals surface area contributed by atoms with Crippen molar-refractivity contribution in [2.75, 3.05) is 11.9 Å². The summed E-state index contributed by atoms with van der Waals surface area (Å²) in [6.07, 6.45) is 0.872. The van der Waals surface area contributed by atoms with Gasteiger partial charge < -0.3 is 10.1 Å². The molecule has 2 rings (SSSR count). The van der Waals surface area contributed by atoms with Gasteiger partial charge in [-0.2, -0.15) is 0 Å². The smallest absolute Gasteiger partial charge is 0.309 e. The van der Waals surface area contributed by atoms with Gasteiger partial charge in [0.05, 0.1) is 5.92 Å². The number of nitrogens with one attached hydrogen (secondary N) is 1. The summed E-state index contributed by atoms with van der Waals surface area (Å²) < 4.78 is 4.99. The second-order valence-corrected chi connectivity index (χ2v) is 5.22. The van der Waals surface area contributed by atoms with E-state index in [2.05, 4.69) is 5.32 Å². The number of benzene rings is 1. The van der Waals surface area contributed by atoms with Gasteiger partial charge in [0.15, 0.2) is 6.61 Å². The fourth-order valence-electron chi connectivity index (χ4n) is 1.97. The first kappa shape index (κ1) is 13.6. The van der Waals surface area contributed by atoms with Gasteiger partial charge in [-0.1, -0.05) is 19.1 Å². The average molecular weight is 261 g/mol. The lowest BCUT2D eigenvalue weighted by atomic mass is 10.1. The van der Waals surface area contributed by atoms with Crippen LogP contribution >= 0.6 is 0 Å². The Balaban J connectivity index is 1.84. The molecule has 1 amide bonds. The second-order valence-electron chi connectivity index (χ2n) is 5.22. The van der Waals surface area contributed by atoms with Gasteiger partial charge in [-0.05, 0) is 43.4 Å². The highest BCUT2D eigenvalue weighted by molar-refractivity contribution is 5.93. The van der Waals surface area contributed by atoms with Gasteiger partial charge in [0.2, 0.25) is 0 Å². The Kier molecular flexibility index (Phi) is 3.88. The number of anilines is 1. The zero-order valence-corrected chi connectivity index (χ0v) is 11.5. The van der Waals surface area contributed by atoms with Crippen molar-refractivity contribution in [1.82, 2.24) is 0 Å². The monoisotopic (exact) mass is 261 g/mol. The molecule has 19 heavy (non-hydrogen) atoms. The van der Waals surface area contributed by atoms with Gasteiger partial charge in [-0.25, -0.2) is 0 Å². The highest BCUT2D eigenvalue weighted by Gasteiger charge is 2.40. The number of aryl methyl sites for hydroxylation is 1. The van der Waals surface area contributed by atoms with E-state index in [1.54, 1.807) is 0 Å². The van der Waals surface area contributed by atoms with E-state index in [9.17, 15) is 9.59 Å². The molecule has 0 radical (unpaired) electrons. The lowest BCUT2D eigenvalue weighted by molar-refractivity contribution is -0.148. The van der Waals surface area contributed by atoms with Crippen molar-refractivity contribution in [2.24, 2.45) is 11.8 Å². The molecule has 1 aromatic carbocycles. The van der Waals surface area contributed by atoms with Crippen LogP contribution in [0.1, 0.15) is 24.5 Å². The normalized spacial score (nSPS) is 20.8. The van der Waals surface area contributed by atoms with Crippen LogP contribution in [0.2, 0.25) is 0 Å². The maximum Gasteiger partial charge on any atom is 0.309 e. The van der Waals surface area contributed by atoms with Crippen LogP contribution in [0.4, 0.5) is 5.69 Å². The van der Waals surface area contributed by atoms with Crippen LogP contribution in [0, 0.1) is 25.7 Å². The lowest BCUT2D eigenvalue weighted by Gasteiger charge is -2.10. The van der Waals surface area contributed by atoms with Crippen LogP contribution in [-0.4, -0.2) is 18.5 Å². The van der Waals surface area contributed by atoms with Crippen molar-refractivity contribution in [2.45, 2.75) is 27.2 Å². The molecular weight excluding hydrogens is 242 g/mol. The third-order valence-electron chi connectivity index (χ3n) is 3.64. The quantitative estimate of drug-likeness (QED) is 0.847. The number of esters is 1. The molecule has 1 N–H and O–H groups in total. The highest BCUT2D eigenvalue weighted by atomic mass is 16.5. The van der Waals surface area contributed by atoms with Gasteiger partial charge in [0.1, 0.15) is 0 Å². The molecule has 0 aliphatic heterocycles. The fraction of sp³-hybridized carbons (Fsp3) is 0.467. The molecule has 0 unspecified atom stereocenters. The number of rotatable bonds is 4. The van der Waals surface area contributed by atoms with Crippen LogP contribution in [0.15, 0.2) is 18.2 Å². The molecule has 1 aromatic rings. The molecular formula is C15H19NO3. The van der Waals surface area contributed by atoms with Crippen LogP contribution in [0.3, 0.4) is 0 Å². The Hall–Kier alpha value is -1.84. The zero-order valence-electron chi connectivity index (χ0n) is 11.5. The van der Waals surface area contributed by atoms with Crippen LogP contribution < -0.4 is 5.32 Å². The Bertz CT molecular complexity index is 510. The molecule has 0 heterocycles. The van der Waals surface area contributed by atoms with E-state index in [1.807, 2.05) is 39.0 Å². The summed E-state index contributed by atoms with van der Waals surface area (Å²) in [5, 5.41) is 2.76. The minimum Gasteiger partial charge on any atom is -0.455 e. The van der Waals surface area contributed by atoms with E-state index in [0.29, 0.717) is 5.92 Å². The molecule has 1 saturated carbocycles. The number of carbonyl (C=O) groups is 2. The van der Waals surface area contributed by atoms with E-state index >= 15 is 0 Å².